The summed E-state index contributed by atoms with van der Waals surface area (Å²) in [6, 6.07) is 1.86. The van der Waals surface area contributed by atoms with Crippen molar-refractivity contribution in [3.8, 4) is 5.88 Å². The zero-order chi connectivity index (χ0) is 10.6. The first kappa shape index (κ1) is 10.9. The first-order valence-corrected chi connectivity index (χ1v) is 4.77. The van der Waals surface area contributed by atoms with Gasteiger partial charge in [-0.2, -0.15) is 4.98 Å². The van der Waals surface area contributed by atoms with Crippen molar-refractivity contribution in [3.63, 3.8) is 0 Å². The molecule has 1 N–H and O–H groups in total. The number of hydrogen-bond donors (Lipinski definition) is 1. The van der Waals surface area contributed by atoms with Crippen LogP contribution in [0.15, 0.2) is 6.07 Å². The Morgan fingerprint density at radius 2 is 2.14 bits per heavy atom. The molecule has 1 aromatic heterocycles. The lowest BCUT2D eigenvalue weighted by Crippen LogP contribution is -2.11. The lowest BCUT2D eigenvalue weighted by Gasteiger charge is -2.10. The Kier molecular flexibility index (Phi) is 3.83. The zero-order valence-corrected chi connectivity index (χ0v) is 9.16. The second-order valence-electron chi connectivity index (χ2n) is 3.44. The molecule has 0 unspecified atom stereocenters. The maximum absolute atomic E-state index is 5.50. The molecule has 0 bridgehead atoms. The SMILES string of the molecule is CNCc1cc(OC(C)C)nc(C)n1. The molecule has 0 aliphatic heterocycles. The Hall–Kier alpha value is -1.16. The predicted octanol–water partition coefficient (Wildman–Crippen LogP) is 1.29. The van der Waals surface area contributed by atoms with Crippen LogP contribution in [-0.2, 0) is 6.54 Å². The average molecular weight is 195 g/mol. The van der Waals surface area contributed by atoms with E-state index in [1.54, 1.807) is 0 Å². The lowest BCUT2D eigenvalue weighted by molar-refractivity contribution is 0.231. The predicted molar refractivity (Wildman–Crippen MR) is 55.3 cm³/mol. The topological polar surface area (TPSA) is 47.0 Å². The Bertz CT molecular complexity index is 299. The molecule has 0 amide bonds. The quantitative estimate of drug-likeness (QED) is 0.786. The van der Waals surface area contributed by atoms with Crippen LogP contribution in [0, 0.1) is 6.92 Å². The van der Waals surface area contributed by atoms with Crippen molar-refractivity contribution in [2.45, 2.75) is 33.4 Å². The van der Waals surface area contributed by atoms with Gasteiger partial charge in [0.15, 0.2) is 0 Å². The maximum atomic E-state index is 5.50. The Morgan fingerprint density at radius 3 is 2.71 bits per heavy atom. The monoisotopic (exact) mass is 195 g/mol. The number of nitrogens with one attached hydrogen (secondary N) is 1. The van der Waals surface area contributed by atoms with Gasteiger partial charge in [-0.05, 0) is 27.8 Å². The molecule has 4 heteroatoms. The molecule has 78 valence electrons. The third-order valence-corrected chi connectivity index (χ3v) is 1.58. The molecule has 4 nitrogen and oxygen atoms in total. The number of ether oxygens (including phenoxy) is 1. The second-order valence-corrected chi connectivity index (χ2v) is 3.44. The van der Waals surface area contributed by atoms with Gasteiger partial charge >= 0.3 is 0 Å². The number of hydrogen-bond acceptors (Lipinski definition) is 4. The normalized spacial score (nSPS) is 10.6. The smallest absolute Gasteiger partial charge is 0.217 e. The number of rotatable bonds is 4. The van der Waals surface area contributed by atoms with Gasteiger partial charge in [-0.1, -0.05) is 0 Å². The van der Waals surface area contributed by atoms with Crippen molar-refractivity contribution in [3.05, 3.63) is 17.6 Å². The van der Waals surface area contributed by atoms with E-state index in [0.29, 0.717) is 5.88 Å². The van der Waals surface area contributed by atoms with Crippen LogP contribution in [0.25, 0.3) is 0 Å². The molecule has 14 heavy (non-hydrogen) atoms. The van der Waals surface area contributed by atoms with Gasteiger partial charge in [0.05, 0.1) is 11.8 Å². The Balaban J connectivity index is 2.83. The van der Waals surface area contributed by atoms with E-state index in [-0.39, 0.29) is 6.10 Å². The standard InChI is InChI=1S/C10H17N3O/c1-7(2)14-10-5-9(6-11-4)12-8(3)13-10/h5,7,11H,6H2,1-4H3. The molecular weight excluding hydrogens is 178 g/mol. The fraction of sp³-hybridized carbons (Fsp3) is 0.600. The van der Waals surface area contributed by atoms with Crippen molar-refractivity contribution in [2.75, 3.05) is 7.05 Å². The minimum Gasteiger partial charge on any atom is -0.475 e. The third kappa shape index (κ3) is 3.30. The first-order chi connectivity index (χ1) is 6.61. The largest absolute Gasteiger partial charge is 0.475 e. The van der Waals surface area contributed by atoms with Gasteiger partial charge in [0.25, 0.3) is 0 Å². The van der Waals surface area contributed by atoms with Crippen molar-refractivity contribution < 1.29 is 4.74 Å². The summed E-state index contributed by atoms with van der Waals surface area (Å²) in [7, 11) is 1.89. The Labute approximate surface area is 84.7 Å². The zero-order valence-electron chi connectivity index (χ0n) is 9.16. The highest BCUT2D eigenvalue weighted by Gasteiger charge is 2.03. The molecule has 0 atom stereocenters. The van der Waals surface area contributed by atoms with Crippen LogP contribution in [0.2, 0.25) is 0 Å². The molecule has 0 spiro atoms. The summed E-state index contributed by atoms with van der Waals surface area (Å²) < 4.78 is 5.50. The number of nitrogens with zero attached hydrogens (tertiary/aromatic N) is 2. The van der Waals surface area contributed by atoms with E-state index in [1.165, 1.54) is 0 Å². The molecule has 0 saturated heterocycles. The fourth-order valence-corrected chi connectivity index (χ4v) is 1.17. The molecule has 0 radical (unpaired) electrons. The maximum Gasteiger partial charge on any atom is 0.217 e. The molecule has 0 fully saturated rings. The van der Waals surface area contributed by atoms with Gasteiger partial charge in [0.1, 0.15) is 5.82 Å². The van der Waals surface area contributed by atoms with Gasteiger partial charge < -0.3 is 10.1 Å². The van der Waals surface area contributed by atoms with Crippen molar-refractivity contribution in [2.24, 2.45) is 0 Å². The van der Waals surface area contributed by atoms with Gasteiger partial charge in [0, 0.05) is 12.6 Å². The third-order valence-electron chi connectivity index (χ3n) is 1.58. The average Bonchev–Trinajstić information content (AvgIpc) is 2.01. The molecule has 0 aromatic carbocycles. The van der Waals surface area contributed by atoms with Crippen LogP contribution < -0.4 is 10.1 Å². The summed E-state index contributed by atoms with van der Waals surface area (Å²) in [6.45, 7) is 6.56. The molecule has 0 saturated carbocycles. The molecule has 0 aliphatic rings. The van der Waals surface area contributed by atoms with Crippen LogP contribution in [0.5, 0.6) is 5.88 Å². The molecule has 1 heterocycles. The van der Waals surface area contributed by atoms with E-state index >= 15 is 0 Å². The van der Waals surface area contributed by atoms with Crippen LogP contribution in [0.3, 0.4) is 0 Å². The van der Waals surface area contributed by atoms with Crippen LogP contribution in [0.4, 0.5) is 0 Å². The first-order valence-electron chi connectivity index (χ1n) is 4.77. The van der Waals surface area contributed by atoms with Gasteiger partial charge in [-0.25, -0.2) is 4.98 Å². The fourth-order valence-electron chi connectivity index (χ4n) is 1.17. The minimum absolute atomic E-state index is 0.145. The van der Waals surface area contributed by atoms with E-state index in [2.05, 4.69) is 15.3 Å². The molecular formula is C10H17N3O. The summed E-state index contributed by atoms with van der Waals surface area (Å²) in [5, 5.41) is 3.05. The minimum atomic E-state index is 0.145. The van der Waals surface area contributed by atoms with Crippen LogP contribution >= 0.6 is 0 Å². The summed E-state index contributed by atoms with van der Waals surface area (Å²) in [6.07, 6.45) is 0.145. The number of aromatic nitrogens is 2. The summed E-state index contributed by atoms with van der Waals surface area (Å²) in [4.78, 5) is 8.47. The summed E-state index contributed by atoms with van der Waals surface area (Å²) in [5.74, 6) is 1.39. The van der Waals surface area contributed by atoms with E-state index in [4.69, 9.17) is 4.74 Å². The van der Waals surface area contributed by atoms with E-state index in [9.17, 15) is 0 Å². The van der Waals surface area contributed by atoms with E-state index in [1.807, 2.05) is 33.9 Å². The highest BCUT2D eigenvalue weighted by atomic mass is 16.5. The Morgan fingerprint density at radius 1 is 1.43 bits per heavy atom. The van der Waals surface area contributed by atoms with Crippen molar-refractivity contribution >= 4 is 0 Å². The van der Waals surface area contributed by atoms with Crippen molar-refractivity contribution in [1.82, 2.24) is 15.3 Å². The second kappa shape index (κ2) is 4.91. The van der Waals surface area contributed by atoms with Crippen LogP contribution in [-0.4, -0.2) is 23.1 Å². The van der Waals surface area contributed by atoms with E-state index < -0.39 is 0 Å². The molecule has 1 aromatic rings. The van der Waals surface area contributed by atoms with Gasteiger partial charge in [-0.15, -0.1) is 0 Å². The van der Waals surface area contributed by atoms with Gasteiger partial charge in [-0.3, -0.25) is 0 Å². The highest BCUT2D eigenvalue weighted by molar-refractivity contribution is 5.16. The van der Waals surface area contributed by atoms with E-state index in [0.717, 1.165) is 18.1 Å². The molecule has 0 aliphatic carbocycles. The summed E-state index contributed by atoms with van der Waals surface area (Å²) >= 11 is 0. The lowest BCUT2D eigenvalue weighted by atomic mass is 10.4. The van der Waals surface area contributed by atoms with Gasteiger partial charge in [0.2, 0.25) is 5.88 Å². The van der Waals surface area contributed by atoms with Crippen molar-refractivity contribution in [1.29, 1.82) is 0 Å². The van der Waals surface area contributed by atoms with Crippen LogP contribution in [0.1, 0.15) is 25.4 Å². The number of aryl methyl sites for hydroxylation is 1. The molecule has 1 rings (SSSR count). The highest BCUT2D eigenvalue weighted by Crippen LogP contribution is 2.10. The summed E-state index contributed by atoms with van der Waals surface area (Å²) in [5.41, 5.74) is 0.954.